The van der Waals surface area contributed by atoms with Crippen LogP contribution in [0.3, 0.4) is 0 Å². The topological polar surface area (TPSA) is 29.3 Å². The highest BCUT2D eigenvalue weighted by Crippen LogP contribution is 2.32. The average molecular weight is 224 g/mol. The smallest absolute Gasteiger partial charge is 0.0911 e. The summed E-state index contributed by atoms with van der Waals surface area (Å²) in [5.41, 5.74) is 5.86. The van der Waals surface area contributed by atoms with Crippen molar-refractivity contribution in [3.63, 3.8) is 0 Å². The van der Waals surface area contributed by atoms with Crippen molar-refractivity contribution in [2.45, 2.75) is 32.2 Å². The van der Waals surface area contributed by atoms with Crippen molar-refractivity contribution in [3.8, 4) is 0 Å². The lowest BCUT2D eigenvalue weighted by Gasteiger charge is -2.41. The Morgan fingerprint density at radius 1 is 1.60 bits per heavy atom. The van der Waals surface area contributed by atoms with Gasteiger partial charge >= 0.3 is 0 Å². The van der Waals surface area contributed by atoms with Crippen LogP contribution in [-0.2, 0) is 0 Å². The fourth-order valence-electron chi connectivity index (χ4n) is 2.67. The van der Waals surface area contributed by atoms with Crippen molar-refractivity contribution >= 4 is 16.3 Å². The Bertz CT molecular complexity index is 284. The number of rotatable bonds is 3. The molecule has 0 bridgehead atoms. The lowest BCUT2D eigenvalue weighted by Crippen LogP contribution is -2.47. The number of hydrogen-bond donors (Lipinski definition) is 1. The summed E-state index contributed by atoms with van der Waals surface area (Å²) in [4.78, 5) is 2.56. The first-order valence-electron chi connectivity index (χ1n) is 5.87. The number of nitrogens with zero attached hydrogens (tertiary/aromatic N) is 1. The molecule has 0 saturated carbocycles. The third-order valence-electron chi connectivity index (χ3n) is 3.43. The van der Waals surface area contributed by atoms with Gasteiger partial charge in [-0.15, -0.1) is 11.3 Å². The van der Waals surface area contributed by atoms with Crippen LogP contribution in [0.2, 0.25) is 0 Å². The van der Waals surface area contributed by atoms with Gasteiger partial charge in [0.2, 0.25) is 0 Å². The highest BCUT2D eigenvalue weighted by molar-refractivity contribution is 7.14. The molecule has 15 heavy (non-hydrogen) atoms. The quantitative estimate of drug-likeness (QED) is 0.855. The first kappa shape index (κ1) is 11.0. The molecule has 2 nitrogen and oxygen atoms in total. The molecular weight excluding hydrogens is 204 g/mol. The first-order valence-corrected chi connectivity index (χ1v) is 6.75. The van der Waals surface area contributed by atoms with Crippen molar-refractivity contribution in [1.82, 2.24) is 0 Å². The summed E-state index contributed by atoms with van der Waals surface area (Å²) >= 11 is 1.85. The molecule has 2 N–H and O–H groups in total. The lowest BCUT2D eigenvalue weighted by molar-refractivity contribution is 0.322. The van der Waals surface area contributed by atoms with Crippen LogP contribution in [0.25, 0.3) is 0 Å². The van der Waals surface area contributed by atoms with Crippen molar-refractivity contribution in [3.05, 3.63) is 17.5 Å². The van der Waals surface area contributed by atoms with Gasteiger partial charge in [0.1, 0.15) is 0 Å². The molecule has 1 fully saturated rings. The summed E-state index contributed by atoms with van der Waals surface area (Å²) in [7, 11) is 0. The molecule has 1 saturated heterocycles. The second-order valence-corrected chi connectivity index (χ2v) is 5.18. The maximum absolute atomic E-state index is 5.86. The molecule has 1 aromatic heterocycles. The largest absolute Gasteiger partial charge is 0.360 e. The minimum absolute atomic E-state index is 0.655. The third kappa shape index (κ3) is 2.18. The van der Waals surface area contributed by atoms with Crippen LogP contribution < -0.4 is 10.6 Å². The highest BCUT2D eigenvalue weighted by Gasteiger charge is 2.29. The standard InChI is InChI=1S/C12H20N2S/c1-2-11-10(9-13)5-3-7-14(11)12-6-4-8-15-12/h4,6,8,10-11H,2-3,5,7,9,13H2,1H3/t10-,11-/m1/s1. The van der Waals surface area contributed by atoms with Crippen LogP contribution in [0.15, 0.2) is 17.5 Å². The molecule has 2 rings (SSSR count). The Hall–Kier alpha value is -0.540. The van der Waals surface area contributed by atoms with E-state index in [9.17, 15) is 0 Å². The van der Waals surface area contributed by atoms with E-state index >= 15 is 0 Å². The average Bonchev–Trinajstić information content (AvgIpc) is 2.81. The van der Waals surface area contributed by atoms with Crippen LogP contribution >= 0.6 is 11.3 Å². The van der Waals surface area contributed by atoms with Gasteiger partial charge < -0.3 is 10.6 Å². The van der Waals surface area contributed by atoms with E-state index in [0.29, 0.717) is 12.0 Å². The predicted octanol–water partition coefficient (Wildman–Crippen LogP) is 2.70. The highest BCUT2D eigenvalue weighted by atomic mass is 32.1. The van der Waals surface area contributed by atoms with Crippen LogP contribution in [0.4, 0.5) is 5.00 Å². The first-order chi connectivity index (χ1) is 7.36. The molecule has 3 heteroatoms. The van der Waals surface area contributed by atoms with Crippen LogP contribution in [0, 0.1) is 5.92 Å². The molecule has 1 aliphatic heterocycles. The van der Waals surface area contributed by atoms with Crippen LogP contribution in [0.5, 0.6) is 0 Å². The van der Waals surface area contributed by atoms with Crippen LogP contribution in [0.1, 0.15) is 26.2 Å². The summed E-state index contributed by atoms with van der Waals surface area (Å²) in [6.07, 6.45) is 3.80. The maximum Gasteiger partial charge on any atom is 0.0911 e. The van der Waals surface area contributed by atoms with E-state index in [0.717, 1.165) is 6.54 Å². The summed E-state index contributed by atoms with van der Waals surface area (Å²) < 4.78 is 0. The number of thiophene rings is 1. The van der Waals surface area contributed by atoms with Gasteiger partial charge in [0.15, 0.2) is 0 Å². The second kappa shape index (κ2) is 4.99. The molecule has 2 atom stereocenters. The van der Waals surface area contributed by atoms with Gasteiger partial charge in [0, 0.05) is 12.6 Å². The normalized spacial score (nSPS) is 26.9. The summed E-state index contributed by atoms with van der Waals surface area (Å²) in [5, 5.41) is 3.58. The monoisotopic (exact) mass is 224 g/mol. The summed E-state index contributed by atoms with van der Waals surface area (Å²) in [6.45, 7) is 4.31. The number of hydrogen-bond acceptors (Lipinski definition) is 3. The lowest BCUT2D eigenvalue weighted by atomic mass is 9.88. The van der Waals surface area contributed by atoms with E-state index in [2.05, 4.69) is 29.3 Å². The molecule has 1 aromatic rings. The molecule has 0 aromatic carbocycles. The molecule has 0 radical (unpaired) electrons. The minimum Gasteiger partial charge on any atom is -0.360 e. The van der Waals surface area contributed by atoms with E-state index in [1.165, 1.54) is 30.8 Å². The second-order valence-electron chi connectivity index (χ2n) is 4.26. The zero-order chi connectivity index (χ0) is 10.7. The molecule has 0 unspecified atom stereocenters. The van der Waals surface area contributed by atoms with Crippen molar-refractivity contribution in [2.24, 2.45) is 11.7 Å². The van der Waals surface area contributed by atoms with Crippen molar-refractivity contribution in [1.29, 1.82) is 0 Å². The van der Waals surface area contributed by atoms with Gasteiger partial charge in [-0.1, -0.05) is 6.92 Å². The van der Waals surface area contributed by atoms with Crippen molar-refractivity contribution in [2.75, 3.05) is 18.0 Å². The summed E-state index contributed by atoms with van der Waals surface area (Å²) in [5.74, 6) is 0.686. The fourth-order valence-corrected chi connectivity index (χ4v) is 3.49. The third-order valence-corrected chi connectivity index (χ3v) is 4.33. The number of piperidine rings is 1. The van der Waals surface area contributed by atoms with Gasteiger partial charge in [-0.2, -0.15) is 0 Å². The molecule has 0 aliphatic carbocycles. The summed E-state index contributed by atoms with van der Waals surface area (Å²) in [6, 6.07) is 5.02. The number of nitrogens with two attached hydrogens (primary N) is 1. The zero-order valence-electron chi connectivity index (χ0n) is 9.36. The molecule has 84 valence electrons. The Morgan fingerprint density at radius 3 is 3.07 bits per heavy atom. The van der Waals surface area contributed by atoms with E-state index in [4.69, 9.17) is 5.73 Å². The molecule has 2 heterocycles. The van der Waals surface area contributed by atoms with E-state index in [1.54, 1.807) is 0 Å². The molecular formula is C12H20N2S. The van der Waals surface area contributed by atoms with Gasteiger partial charge in [-0.3, -0.25) is 0 Å². The zero-order valence-corrected chi connectivity index (χ0v) is 10.2. The van der Waals surface area contributed by atoms with E-state index < -0.39 is 0 Å². The minimum atomic E-state index is 0.655. The Balaban J connectivity index is 2.15. The Labute approximate surface area is 96.1 Å². The van der Waals surface area contributed by atoms with E-state index in [1.807, 2.05) is 11.3 Å². The predicted molar refractivity (Wildman–Crippen MR) is 67.5 cm³/mol. The Morgan fingerprint density at radius 2 is 2.47 bits per heavy atom. The van der Waals surface area contributed by atoms with Gasteiger partial charge in [-0.05, 0) is 49.2 Å². The molecule has 0 spiro atoms. The van der Waals surface area contributed by atoms with E-state index in [-0.39, 0.29) is 0 Å². The number of anilines is 1. The van der Waals surface area contributed by atoms with Gasteiger partial charge in [0.25, 0.3) is 0 Å². The maximum atomic E-state index is 5.86. The SMILES string of the molecule is CC[C@@H]1[C@@H](CN)CCCN1c1cccs1. The Kier molecular flexibility index (Phi) is 3.65. The molecule has 1 aliphatic rings. The molecule has 0 amide bonds. The fraction of sp³-hybridized carbons (Fsp3) is 0.667. The van der Waals surface area contributed by atoms with Gasteiger partial charge in [0.05, 0.1) is 5.00 Å². The van der Waals surface area contributed by atoms with Crippen LogP contribution in [-0.4, -0.2) is 19.1 Å². The van der Waals surface area contributed by atoms with Crippen molar-refractivity contribution < 1.29 is 0 Å². The van der Waals surface area contributed by atoms with Gasteiger partial charge in [-0.25, -0.2) is 0 Å².